The Morgan fingerprint density at radius 3 is 2.68 bits per heavy atom. The molecular weight excluding hydrogens is 372 g/mol. The number of hydrogen-bond donors (Lipinski definition) is 0. The lowest BCUT2D eigenvalue weighted by Crippen LogP contribution is -2.09. The van der Waals surface area contributed by atoms with Crippen LogP contribution in [0.1, 0.15) is 45.4 Å². The first-order valence-corrected chi connectivity index (χ1v) is 12.0. The molecule has 0 bridgehead atoms. The standard InChI is InChI=1S/C31H34/c1-21(14-24-10-11-24)15-25-12-13-27-17-26(19-30(27)18-25)9-8-22(2)29-16-23(3)31-7-5-4-6-28(31)20-29/h4-7,12-13,16-21,24,30-31H,2-3,8-11,14-15H2,1H3. The highest BCUT2D eigenvalue weighted by Crippen LogP contribution is 2.39. The minimum atomic E-state index is 0.340. The van der Waals surface area contributed by atoms with Gasteiger partial charge in [-0.3, -0.25) is 0 Å². The third-order valence-electron chi connectivity index (χ3n) is 7.28. The Bertz CT molecular complexity index is 1040. The van der Waals surface area contributed by atoms with E-state index in [0.717, 1.165) is 24.7 Å². The minimum absolute atomic E-state index is 0.340. The molecule has 0 aromatic carbocycles. The molecule has 3 atom stereocenters. The number of fused-ring (bicyclic) bond motifs is 2. The molecule has 0 amide bonds. The van der Waals surface area contributed by atoms with Crippen molar-refractivity contribution in [2.24, 2.45) is 23.7 Å². The highest BCUT2D eigenvalue weighted by molar-refractivity contribution is 5.56. The molecule has 0 aromatic heterocycles. The lowest BCUT2D eigenvalue weighted by molar-refractivity contribution is 0.494. The van der Waals surface area contributed by atoms with E-state index in [9.17, 15) is 0 Å². The molecular formula is C31H34. The van der Waals surface area contributed by atoms with Crippen LogP contribution in [0.5, 0.6) is 0 Å². The second kappa shape index (κ2) is 8.50. The molecule has 0 spiro atoms. The Morgan fingerprint density at radius 1 is 1.00 bits per heavy atom. The van der Waals surface area contributed by atoms with Crippen LogP contribution < -0.4 is 0 Å². The maximum atomic E-state index is 4.41. The quantitative estimate of drug-likeness (QED) is 0.380. The molecule has 31 heavy (non-hydrogen) atoms. The van der Waals surface area contributed by atoms with Gasteiger partial charge in [0.15, 0.2) is 0 Å². The SMILES string of the molecule is C=C(CCC1=CC2C=C(CC(C)CC3CC3)C=CC2=C1)C1=CC(=C)C2C=CC=CC2=C1. The smallest absolute Gasteiger partial charge is 0.0267 e. The zero-order chi connectivity index (χ0) is 21.4. The van der Waals surface area contributed by atoms with E-state index in [0.29, 0.717) is 11.8 Å². The fraction of sp³-hybridized carbons (Fsp3) is 0.355. The van der Waals surface area contributed by atoms with E-state index >= 15 is 0 Å². The molecule has 5 rings (SSSR count). The zero-order valence-electron chi connectivity index (χ0n) is 18.8. The normalized spacial score (nSPS) is 27.0. The fourth-order valence-electron chi connectivity index (χ4n) is 5.36. The molecule has 3 unspecified atom stereocenters. The molecule has 5 aliphatic rings. The molecule has 0 aromatic rings. The molecule has 158 valence electrons. The van der Waals surface area contributed by atoms with E-state index in [2.05, 4.69) is 86.9 Å². The van der Waals surface area contributed by atoms with Crippen LogP contribution in [0.2, 0.25) is 0 Å². The Balaban J connectivity index is 1.18. The van der Waals surface area contributed by atoms with Crippen LogP contribution in [0.25, 0.3) is 0 Å². The monoisotopic (exact) mass is 406 g/mol. The van der Waals surface area contributed by atoms with E-state index in [1.807, 2.05) is 0 Å². The fourth-order valence-corrected chi connectivity index (χ4v) is 5.36. The first kappa shape index (κ1) is 20.3. The lowest BCUT2D eigenvalue weighted by Gasteiger charge is -2.24. The second-order valence-corrected chi connectivity index (χ2v) is 10.1. The van der Waals surface area contributed by atoms with Gasteiger partial charge < -0.3 is 0 Å². The lowest BCUT2D eigenvalue weighted by atomic mass is 9.80. The summed E-state index contributed by atoms with van der Waals surface area (Å²) in [5.41, 5.74) is 9.39. The number of hydrogen-bond acceptors (Lipinski definition) is 0. The summed E-state index contributed by atoms with van der Waals surface area (Å²) in [4.78, 5) is 0. The molecule has 0 aliphatic heterocycles. The first-order chi connectivity index (χ1) is 15.0. The van der Waals surface area contributed by atoms with Crippen LogP contribution in [-0.2, 0) is 0 Å². The summed E-state index contributed by atoms with van der Waals surface area (Å²) in [5, 5.41) is 0. The van der Waals surface area contributed by atoms with Crippen LogP contribution in [0.3, 0.4) is 0 Å². The van der Waals surface area contributed by atoms with Crippen molar-refractivity contribution < 1.29 is 0 Å². The Kier molecular flexibility index (Phi) is 5.57. The summed E-state index contributed by atoms with van der Waals surface area (Å²) in [6.45, 7) is 11.1. The first-order valence-electron chi connectivity index (χ1n) is 12.0. The van der Waals surface area contributed by atoms with Crippen molar-refractivity contribution in [1.82, 2.24) is 0 Å². The van der Waals surface area contributed by atoms with Gasteiger partial charge in [-0.1, -0.05) is 111 Å². The van der Waals surface area contributed by atoms with Gasteiger partial charge in [0.1, 0.15) is 0 Å². The predicted octanol–water partition coefficient (Wildman–Crippen LogP) is 8.29. The predicted molar refractivity (Wildman–Crippen MR) is 133 cm³/mol. The molecule has 0 heteroatoms. The van der Waals surface area contributed by atoms with Crippen molar-refractivity contribution in [3.63, 3.8) is 0 Å². The molecule has 0 heterocycles. The average Bonchev–Trinajstić information content (AvgIpc) is 3.47. The molecule has 5 aliphatic carbocycles. The van der Waals surface area contributed by atoms with Crippen LogP contribution in [0.15, 0.2) is 119 Å². The summed E-state index contributed by atoms with van der Waals surface area (Å²) in [5.74, 6) is 2.65. The van der Waals surface area contributed by atoms with Crippen molar-refractivity contribution in [2.45, 2.75) is 45.4 Å². The van der Waals surface area contributed by atoms with E-state index in [-0.39, 0.29) is 0 Å². The summed E-state index contributed by atoms with van der Waals surface area (Å²) in [7, 11) is 0. The second-order valence-electron chi connectivity index (χ2n) is 10.1. The van der Waals surface area contributed by atoms with Crippen molar-refractivity contribution >= 4 is 0 Å². The topological polar surface area (TPSA) is 0 Å². The van der Waals surface area contributed by atoms with Crippen LogP contribution in [0, 0.1) is 23.7 Å². The van der Waals surface area contributed by atoms with E-state index in [1.165, 1.54) is 64.7 Å². The zero-order valence-corrected chi connectivity index (χ0v) is 18.8. The summed E-state index contributed by atoms with van der Waals surface area (Å²) >= 11 is 0. The van der Waals surface area contributed by atoms with Gasteiger partial charge in [-0.25, -0.2) is 0 Å². The van der Waals surface area contributed by atoms with Gasteiger partial charge in [0, 0.05) is 11.8 Å². The Hall–Kier alpha value is -2.60. The Morgan fingerprint density at radius 2 is 1.84 bits per heavy atom. The van der Waals surface area contributed by atoms with Crippen LogP contribution in [-0.4, -0.2) is 0 Å². The molecule has 0 nitrogen and oxygen atoms in total. The number of allylic oxidation sites excluding steroid dienone is 18. The van der Waals surface area contributed by atoms with E-state index in [1.54, 1.807) is 0 Å². The minimum Gasteiger partial charge on any atom is -0.0952 e. The molecule has 0 radical (unpaired) electrons. The maximum absolute atomic E-state index is 4.41. The van der Waals surface area contributed by atoms with Crippen molar-refractivity contribution in [3.05, 3.63) is 119 Å². The third-order valence-corrected chi connectivity index (χ3v) is 7.28. The van der Waals surface area contributed by atoms with Crippen molar-refractivity contribution in [2.75, 3.05) is 0 Å². The highest BCUT2D eigenvalue weighted by Gasteiger charge is 2.25. The van der Waals surface area contributed by atoms with Crippen molar-refractivity contribution in [1.29, 1.82) is 0 Å². The van der Waals surface area contributed by atoms with Gasteiger partial charge >= 0.3 is 0 Å². The van der Waals surface area contributed by atoms with E-state index < -0.39 is 0 Å². The third kappa shape index (κ3) is 4.69. The van der Waals surface area contributed by atoms with Crippen molar-refractivity contribution in [3.8, 4) is 0 Å². The van der Waals surface area contributed by atoms with Gasteiger partial charge in [-0.2, -0.15) is 0 Å². The van der Waals surface area contributed by atoms with E-state index in [4.69, 9.17) is 0 Å². The molecule has 0 saturated heterocycles. The molecule has 1 saturated carbocycles. The van der Waals surface area contributed by atoms with Gasteiger partial charge in [-0.05, 0) is 65.4 Å². The Labute approximate surface area is 188 Å². The molecule has 1 fully saturated rings. The van der Waals surface area contributed by atoms with Gasteiger partial charge in [-0.15, -0.1) is 0 Å². The summed E-state index contributed by atoms with van der Waals surface area (Å²) in [6.07, 6.45) is 32.8. The summed E-state index contributed by atoms with van der Waals surface area (Å²) < 4.78 is 0. The average molecular weight is 407 g/mol. The maximum Gasteiger partial charge on any atom is 0.0267 e. The van der Waals surface area contributed by atoms with Gasteiger partial charge in [0.05, 0.1) is 0 Å². The van der Waals surface area contributed by atoms with Crippen LogP contribution >= 0.6 is 0 Å². The largest absolute Gasteiger partial charge is 0.0952 e. The molecule has 0 N–H and O–H groups in total. The summed E-state index contributed by atoms with van der Waals surface area (Å²) in [6, 6.07) is 0. The number of rotatable bonds is 8. The van der Waals surface area contributed by atoms with Crippen LogP contribution in [0.4, 0.5) is 0 Å². The van der Waals surface area contributed by atoms with Gasteiger partial charge in [0.2, 0.25) is 0 Å². The highest BCUT2D eigenvalue weighted by atomic mass is 14.3. The van der Waals surface area contributed by atoms with Gasteiger partial charge in [0.25, 0.3) is 0 Å².